The summed E-state index contributed by atoms with van der Waals surface area (Å²) in [5.41, 5.74) is 0. The number of amides is 2. The second-order valence-corrected chi connectivity index (χ2v) is 3.05. The maximum absolute atomic E-state index is 10.3. The monoisotopic (exact) mass is 249 g/mol. The lowest BCUT2D eigenvalue weighted by Gasteiger charge is -2.00. The molecule has 0 aromatic rings. The summed E-state index contributed by atoms with van der Waals surface area (Å²) in [4.78, 5) is 39.9. The molecule has 1 atom stereocenters. The van der Waals surface area contributed by atoms with Gasteiger partial charge >= 0.3 is 11.9 Å². The molecule has 1 unspecified atom stereocenters. The molecule has 0 aromatic carbocycles. The molecule has 4 N–H and O–H groups in total. The van der Waals surface area contributed by atoms with Crippen molar-refractivity contribution in [2.45, 2.75) is 25.4 Å². The fourth-order valence-electron chi connectivity index (χ4n) is 0.817. The molecule has 0 aromatic heterocycles. The van der Waals surface area contributed by atoms with Gasteiger partial charge in [-0.1, -0.05) is 0 Å². The molecule has 2 amide bonds. The van der Waals surface area contributed by atoms with E-state index in [2.05, 4.69) is 0 Å². The first-order valence-corrected chi connectivity index (χ1v) is 4.43. The fraction of sp³-hybridized carbons (Fsp3) is 0.500. The number of hydrogen-bond acceptors (Lipinski definition) is 6. The third kappa shape index (κ3) is 5.58. The third-order valence-corrected chi connectivity index (χ3v) is 1.65. The average Bonchev–Trinajstić information content (AvgIpc) is 2.44. The molecular formula is C8H11NO8. The fourth-order valence-corrected chi connectivity index (χ4v) is 0.817. The first kappa shape index (κ1) is 15.0. The number of hydrogen-bond donors (Lipinski definition) is 4. The summed E-state index contributed by atoms with van der Waals surface area (Å²) < 4.78 is 0. The van der Waals surface area contributed by atoms with E-state index in [4.69, 9.17) is 20.5 Å². The number of nitrogens with zero attached hydrogens (tertiary/aromatic N) is 1. The summed E-state index contributed by atoms with van der Waals surface area (Å²) in [6, 6.07) is 0. The highest BCUT2D eigenvalue weighted by molar-refractivity contribution is 6.03. The molecule has 0 saturated carbocycles. The Morgan fingerprint density at radius 1 is 1.18 bits per heavy atom. The minimum atomic E-state index is -1.34. The molecule has 1 aliphatic rings. The molecule has 1 heterocycles. The van der Waals surface area contributed by atoms with Crippen molar-refractivity contribution in [1.82, 2.24) is 5.06 Å². The average molecular weight is 249 g/mol. The molecule has 96 valence electrons. The van der Waals surface area contributed by atoms with Gasteiger partial charge in [0, 0.05) is 0 Å². The van der Waals surface area contributed by atoms with Crippen molar-refractivity contribution < 1.29 is 39.7 Å². The lowest BCUT2D eigenvalue weighted by Crippen LogP contribution is -2.28. The van der Waals surface area contributed by atoms with Crippen LogP contribution in [0.5, 0.6) is 0 Å². The maximum Gasteiger partial charge on any atom is 0.303 e. The lowest BCUT2D eigenvalue weighted by molar-refractivity contribution is -0.173. The van der Waals surface area contributed by atoms with E-state index in [1.807, 2.05) is 0 Å². The topological polar surface area (TPSA) is 152 Å². The van der Waals surface area contributed by atoms with E-state index in [0.29, 0.717) is 0 Å². The quantitative estimate of drug-likeness (QED) is 0.345. The molecule has 0 radical (unpaired) electrons. The Morgan fingerprint density at radius 2 is 1.59 bits per heavy atom. The smallest absolute Gasteiger partial charge is 0.303 e. The Balaban J connectivity index is 0.000000304. The van der Waals surface area contributed by atoms with E-state index in [1.54, 1.807) is 0 Å². The number of aliphatic hydroxyl groups is 1. The van der Waals surface area contributed by atoms with Gasteiger partial charge in [0.1, 0.15) is 6.10 Å². The van der Waals surface area contributed by atoms with E-state index < -0.39 is 29.9 Å². The summed E-state index contributed by atoms with van der Waals surface area (Å²) in [6.07, 6.45) is -2.25. The van der Waals surface area contributed by atoms with Crippen LogP contribution < -0.4 is 0 Å². The van der Waals surface area contributed by atoms with Crippen LogP contribution in [0.4, 0.5) is 0 Å². The van der Waals surface area contributed by atoms with Gasteiger partial charge in [0.2, 0.25) is 0 Å². The Kier molecular flexibility index (Phi) is 5.78. The largest absolute Gasteiger partial charge is 0.481 e. The molecule has 17 heavy (non-hydrogen) atoms. The van der Waals surface area contributed by atoms with Crippen molar-refractivity contribution in [2.75, 3.05) is 0 Å². The number of hydroxylamine groups is 2. The first-order valence-electron chi connectivity index (χ1n) is 4.43. The highest BCUT2D eigenvalue weighted by Crippen LogP contribution is 2.08. The van der Waals surface area contributed by atoms with Gasteiger partial charge in [-0.25, -0.2) is 0 Å². The Morgan fingerprint density at radius 3 is 1.71 bits per heavy atom. The number of imide groups is 1. The summed E-state index contributed by atoms with van der Waals surface area (Å²) in [6.45, 7) is 0. The molecule has 0 bridgehead atoms. The zero-order chi connectivity index (χ0) is 13.6. The van der Waals surface area contributed by atoms with E-state index in [0.717, 1.165) is 0 Å². The van der Waals surface area contributed by atoms with E-state index in [9.17, 15) is 19.2 Å². The summed E-state index contributed by atoms with van der Waals surface area (Å²) in [5.74, 6) is -3.85. The number of carbonyl (C=O) groups is 4. The van der Waals surface area contributed by atoms with Crippen molar-refractivity contribution in [2.24, 2.45) is 0 Å². The van der Waals surface area contributed by atoms with E-state index in [-0.39, 0.29) is 24.3 Å². The normalized spacial score (nSPS) is 18.7. The molecule has 1 saturated heterocycles. The molecular weight excluding hydrogens is 238 g/mol. The SMILES string of the molecule is O=C(O)CCC(=O)O.O=C1CC(O)C(=O)N1O. The zero-order valence-corrected chi connectivity index (χ0v) is 8.57. The van der Waals surface area contributed by atoms with Crippen molar-refractivity contribution in [1.29, 1.82) is 0 Å². The molecule has 1 aliphatic heterocycles. The first-order chi connectivity index (χ1) is 7.75. The molecule has 9 nitrogen and oxygen atoms in total. The van der Waals surface area contributed by atoms with Gasteiger partial charge in [-0.3, -0.25) is 24.4 Å². The summed E-state index contributed by atoms with van der Waals surface area (Å²) in [7, 11) is 0. The molecule has 9 heteroatoms. The van der Waals surface area contributed by atoms with Gasteiger partial charge in [0.25, 0.3) is 11.8 Å². The minimum Gasteiger partial charge on any atom is -0.481 e. The van der Waals surface area contributed by atoms with E-state index >= 15 is 0 Å². The van der Waals surface area contributed by atoms with Crippen molar-refractivity contribution in [3.05, 3.63) is 0 Å². The van der Waals surface area contributed by atoms with Gasteiger partial charge in [-0.15, -0.1) is 0 Å². The second kappa shape index (κ2) is 6.55. The van der Waals surface area contributed by atoms with Crippen LogP contribution in [-0.2, 0) is 19.2 Å². The minimum absolute atomic E-state index is 0.0648. The van der Waals surface area contributed by atoms with E-state index in [1.165, 1.54) is 0 Å². The number of rotatable bonds is 3. The standard InChI is InChI=1S/C4H5NO4.C4H6O4/c6-2-1-3(7)5(9)4(2)8;5-3(6)1-2-4(7)8/h2,6,9H,1H2;1-2H2,(H,5,6)(H,7,8). The summed E-state index contributed by atoms with van der Waals surface area (Å²) in [5, 5.41) is 32.7. The third-order valence-electron chi connectivity index (χ3n) is 1.65. The zero-order valence-electron chi connectivity index (χ0n) is 8.57. The van der Waals surface area contributed by atoms with Crippen molar-refractivity contribution in [3.63, 3.8) is 0 Å². The number of aliphatic hydroxyl groups excluding tert-OH is 1. The van der Waals surface area contributed by atoms with Crippen LogP contribution in [-0.4, -0.2) is 55.4 Å². The maximum atomic E-state index is 10.3. The molecule has 1 fully saturated rings. The van der Waals surface area contributed by atoms with Gasteiger partial charge in [-0.05, 0) is 0 Å². The second-order valence-electron chi connectivity index (χ2n) is 3.05. The lowest BCUT2D eigenvalue weighted by atomic mass is 10.3. The van der Waals surface area contributed by atoms with Crippen LogP contribution in [0.25, 0.3) is 0 Å². The van der Waals surface area contributed by atoms with Gasteiger partial charge in [0.05, 0.1) is 19.3 Å². The van der Waals surface area contributed by atoms with Crippen LogP contribution >= 0.6 is 0 Å². The van der Waals surface area contributed by atoms with Crippen LogP contribution in [0.15, 0.2) is 0 Å². The number of carboxylic acids is 2. The Hall–Kier alpha value is -2.00. The van der Waals surface area contributed by atoms with Crippen molar-refractivity contribution >= 4 is 23.8 Å². The number of aliphatic carboxylic acids is 2. The highest BCUT2D eigenvalue weighted by atomic mass is 16.5. The predicted molar refractivity (Wildman–Crippen MR) is 48.8 cm³/mol. The number of carboxylic acid groups (broad SMARTS) is 2. The number of carbonyl (C=O) groups excluding carboxylic acids is 2. The summed E-state index contributed by atoms with van der Waals surface area (Å²) >= 11 is 0. The molecule has 0 spiro atoms. The molecule has 1 rings (SSSR count). The Labute approximate surface area is 94.8 Å². The van der Waals surface area contributed by atoms with Crippen LogP contribution in [0.2, 0.25) is 0 Å². The molecule has 0 aliphatic carbocycles. The van der Waals surface area contributed by atoms with Crippen LogP contribution in [0.1, 0.15) is 19.3 Å². The Bertz CT molecular complexity index is 324. The highest BCUT2D eigenvalue weighted by Gasteiger charge is 2.36. The van der Waals surface area contributed by atoms with Crippen LogP contribution in [0, 0.1) is 0 Å². The van der Waals surface area contributed by atoms with Gasteiger partial charge in [-0.2, -0.15) is 5.06 Å². The van der Waals surface area contributed by atoms with Gasteiger partial charge in [0.15, 0.2) is 0 Å². The van der Waals surface area contributed by atoms with Gasteiger partial charge < -0.3 is 15.3 Å². The van der Waals surface area contributed by atoms with Crippen LogP contribution in [0.3, 0.4) is 0 Å². The van der Waals surface area contributed by atoms with Crippen molar-refractivity contribution in [3.8, 4) is 0 Å². The predicted octanol–water partition coefficient (Wildman–Crippen LogP) is -1.57.